The summed E-state index contributed by atoms with van der Waals surface area (Å²) in [4.78, 5) is 0. The van der Waals surface area contributed by atoms with E-state index in [2.05, 4.69) is 39.6 Å². The maximum atomic E-state index is 3.73. The number of hydrogen-bond acceptors (Lipinski definition) is 1. The molecule has 0 heterocycles. The van der Waals surface area contributed by atoms with E-state index in [0.29, 0.717) is 12.1 Å². The third-order valence-electron chi connectivity index (χ3n) is 1.91. The monoisotopic (exact) mass is 169 g/mol. The highest BCUT2D eigenvalue weighted by Gasteiger charge is 2.07. The molecule has 0 aromatic heterocycles. The molecule has 1 heteroatoms. The van der Waals surface area contributed by atoms with Gasteiger partial charge < -0.3 is 5.32 Å². The first kappa shape index (κ1) is 11.7. The van der Waals surface area contributed by atoms with Crippen molar-refractivity contribution in [2.45, 2.75) is 52.6 Å². The van der Waals surface area contributed by atoms with E-state index in [1.165, 1.54) is 6.42 Å². The van der Waals surface area contributed by atoms with Crippen LogP contribution in [0, 0.1) is 5.92 Å². The normalized spacial score (nSPS) is 16.1. The van der Waals surface area contributed by atoms with Crippen LogP contribution in [0.15, 0.2) is 12.7 Å². The fourth-order valence-electron chi connectivity index (χ4n) is 1.58. The van der Waals surface area contributed by atoms with Crippen molar-refractivity contribution in [3.05, 3.63) is 12.7 Å². The molecule has 0 saturated carbocycles. The second-order valence-electron chi connectivity index (χ2n) is 4.12. The van der Waals surface area contributed by atoms with Gasteiger partial charge in [-0.2, -0.15) is 0 Å². The van der Waals surface area contributed by atoms with Gasteiger partial charge in [0.2, 0.25) is 0 Å². The average molecular weight is 169 g/mol. The predicted octanol–water partition coefficient (Wildman–Crippen LogP) is 2.98. The molecule has 1 nitrogen and oxygen atoms in total. The van der Waals surface area contributed by atoms with Crippen molar-refractivity contribution in [1.29, 1.82) is 0 Å². The quantitative estimate of drug-likeness (QED) is 0.603. The second kappa shape index (κ2) is 6.24. The Morgan fingerprint density at radius 2 is 1.75 bits per heavy atom. The molecule has 0 rings (SSSR count). The molecule has 0 radical (unpaired) electrons. The third kappa shape index (κ3) is 6.41. The van der Waals surface area contributed by atoms with Crippen molar-refractivity contribution >= 4 is 0 Å². The van der Waals surface area contributed by atoms with Crippen molar-refractivity contribution < 1.29 is 0 Å². The molecule has 0 fully saturated rings. The van der Waals surface area contributed by atoms with Crippen LogP contribution in [0.5, 0.6) is 0 Å². The lowest BCUT2D eigenvalue weighted by molar-refractivity contribution is 0.402. The zero-order valence-corrected chi connectivity index (χ0v) is 8.93. The molecule has 72 valence electrons. The van der Waals surface area contributed by atoms with Crippen LogP contribution in [-0.4, -0.2) is 12.1 Å². The van der Waals surface area contributed by atoms with Gasteiger partial charge in [0.1, 0.15) is 0 Å². The van der Waals surface area contributed by atoms with Gasteiger partial charge in [-0.15, -0.1) is 6.58 Å². The lowest BCUT2D eigenvalue weighted by atomic mass is 10.0. The van der Waals surface area contributed by atoms with Crippen LogP contribution in [0.4, 0.5) is 0 Å². The summed E-state index contributed by atoms with van der Waals surface area (Å²) in [5.74, 6) is 0.781. The van der Waals surface area contributed by atoms with Gasteiger partial charge in [0.15, 0.2) is 0 Å². The first-order valence-electron chi connectivity index (χ1n) is 4.93. The van der Waals surface area contributed by atoms with E-state index >= 15 is 0 Å². The van der Waals surface area contributed by atoms with Crippen molar-refractivity contribution in [2.24, 2.45) is 5.92 Å². The highest BCUT2D eigenvalue weighted by atomic mass is 14.9. The Hall–Kier alpha value is -0.300. The molecule has 0 saturated heterocycles. The topological polar surface area (TPSA) is 12.0 Å². The van der Waals surface area contributed by atoms with Gasteiger partial charge in [-0.25, -0.2) is 0 Å². The molecular weight excluding hydrogens is 146 g/mol. The fraction of sp³-hybridized carbons (Fsp3) is 0.818. The highest BCUT2D eigenvalue weighted by molar-refractivity contribution is 4.77. The second-order valence-corrected chi connectivity index (χ2v) is 4.12. The molecule has 1 N–H and O–H groups in total. The maximum Gasteiger partial charge on any atom is 0.00756 e. The smallest absolute Gasteiger partial charge is 0.00756 e. The molecule has 0 amide bonds. The van der Waals surface area contributed by atoms with Crippen molar-refractivity contribution in [2.75, 3.05) is 0 Å². The first-order valence-corrected chi connectivity index (χ1v) is 4.93. The molecule has 0 aliphatic heterocycles. The summed E-state index contributed by atoms with van der Waals surface area (Å²) in [5.41, 5.74) is 0. The molecule has 0 bridgehead atoms. The molecule has 0 aliphatic rings. The van der Waals surface area contributed by atoms with Gasteiger partial charge in [0, 0.05) is 12.1 Å². The van der Waals surface area contributed by atoms with Gasteiger partial charge in [-0.3, -0.25) is 0 Å². The van der Waals surface area contributed by atoms with Crippen LogP contribution in [0.3, 0.4) is 0 Å². The van der Waals surface area contributed by atoms with Crippen molar-refractivity contribution in [3.8, 4) is 0 Å². The number of rotatable bonds is 6. The van der Waals surface area contributed by atoms with Crippen LogP contribution in [0.1, 0.15) is 40.5 Å². The predicted molar refractivity (Wildman–Crippen MR) is 56.3 cm³/mol. The maximum absolute atomic E-state index is 3.73. The summed E-state index contributed by atoms with van der Waals surface area (Å²) in [6.45, 7) is 12.7. The van der Waals surface area contributed by atoms with E-state index in [9.17, 15) is 0 Å². The Kier molecular flexibility index (Phi) is 6.09. The lowest BCUT2D eigenvalue weighted by Gasteiger charge is -2.20. The summed E-state index contributed by atoms with van der Waals surface area (Å²) in [6.07, 6.45) is 4.28. The van der Waals surface area contributed by atoms with Gasteiger partial charge in [0.05, 0.1) is 0 Å². The van der Waals surface area contributed by atoms with E-state index in [0.717, 1.165) is 12.3 Å². The zero-order valence-electron chi connectivity index (χ0n) is 8.93. The van der Waals surface area contributed by atoms with E-state index in [1.807, 2.05) is 6.08 Å². The standard InChI is InChI=1S/C11H23N/c1-6-7-10(4)12-11(5)8-9(2)3/h6,9-12H,1,7-8H2,2-5H3/t10?,11-/m1/s1. The highest BCUT2D eigenvalue weighted by Crippen LogP contribution is 2.05. The van der Waals surface area contributed by atoms with Crippen LogP contribution in [0.25, 0.3) is 0 Å². The summed E-state index contributed by atoms with van der Waals surface area (Å²) < 4.78 is 0. The minimum atomic E-state index is 0.566. The van der Waals surface area contributed by atoms with E-state index in [-0.39, 0.29) is 0 Å². The van der Waals surface area contributed by atoms with Gasteiger partial charge in [-0.05, 0) is 32.6 Å². The molecular formula is C11H23N. The minimum Gasteiger partial charge on any atom is -0.311 e. The minimum absolute atomic E-state index is 0.566. The summed E-state index contributed by atoms with van der Waals surface area (Å²) in [6, 6.07) is 1.19. The summed E-state index contributed by atoms with van der Waals surface area (Å²) in [7, 11) is 0. The largest absolute Gasteiger partial charge is 0.311 e. The Balaban J connectivity index is 3.53. The summed E-state index contributed by atoms with van der Waals surface area (Å²) >= 11 is 0. The Morgan fingerprint density at radius 3 is 2.17 bits per heavy atom. The molecule has 1 unspecified atom stereocenters. The van der Waals surface area contributed by atoms with Crippen LogP contribution in [-0.2, 0) is 0 Å². The molecule has 2 atom stereocenters. The lowest BCUT2D eigenvalue weighted by Crippen LogP contribution is -2.34. The Labute approximate surface area is 77.2 Å². The molecule has 0 aliphatic carbocycles. The third-order valence-corrected chi connectivity index (χ3v) is 1.91. The van der Waals surface area contributed by atoms with E-state index in [1.54, 1.807) is 0 Å². The SMILES string of the molecule is C=CCC(C)N[C@H](C)CC(C)C. The van der Waals surface area contributed by atoms with Crippen molar-refractivity contribution in [3.63, 3.8) is 0 Å². The molecule has 12 heavy (non-hydrogen) atoms. The van der Waals surface area contributed by atoms with Gasteiger partial charge in [-0.1, -0.05) is 19.9 Å². The van der Waals surface area contributed by atoms with Crippen LogP contribution in [0.2, 0.25) is 0 Å². The van der Waals surface area contributed by atoms with Gasteiger partial charge in [0.25, 0.3) is 0 Å². The van der Waals surface area contributed by atoms with Crippen LogP contribution < -0.4 is 5.32 Å². The van der Waals surface area contributed by atoms with E-state index < -0.39 is 0 Å². The van der Waals surface area contributed by atoms with Gasteiger partial charge >= 0.3 is 0 Å². The number of hydrogen-bond donors (Lipinski definition) is 1. The molecule has 0 spiro atoms. The first-order chi connectivity index (χ1) is 5.56. The Bertz CT molecular complexity index is 118. The molecule has 0 aromatic rings. The fourth-order valence-corrected chi connectivity index (χ4v) is 1.58. The average Bonchev–Trinajstić information content (AvgIpc) is 1.84. The zero-order chi connectivity index (χ0) is 9.56. The molecule has 0 aromatic carbocycles. The van der Waals surface area contributed by atoms with Crippen molar-refractivity contribution in [1.82, 2.24) is 5.32 Å². The van der Waals surface area contributed by atoms with E-state index in [4.69, 9.17) is 0 Å². The van der Waals surface area contributed by atoms with Crippen LogP contribution >= 0.6 is 0 Å². The Morgan fingerprint density at radius 1 is 1.17 bits per heavy atom. The summed E-state index contributed by atoms with van der Waals surface area (Å²) in [5, 5.41) is 3.54. The number of nitrogens with one attached hydrogen (secondary N) is 1.